The predicted molar refractivity (Wildman–Crippen MR) is 137 cm³/mol. The van der Waals surface area contributed by atoms with E-state index in [1.165, 1.54) is 22.2 Å². The van der Waals surface area contributed by atoms with E-state index in [0.717, 1.165) is 54.0 Å². The van der Waals surface area contributed by atoms with Crippen LogP contribution in [0.25, 0.3) is 10.2 Å². The number of ether oxygens (including phenoxy) is 1. The van der Waals surface area contributed by atoms with Gasteiger partial charge in [-0.3, -0.25) is 24.0 Å². The lowest BCUT2D eigenvalue weighted by Crippen LogP contribution is -2.41. The standard InChI is InChI=1S/C22H26BrN5O3S.ClH/c1-15-16(2)24-14-27(21(15)30)13-20(29)28(7-3-6-26-8-10-31-11-9-26)22-25-18-5-4-17(23)12-19(18)32-22;/h4-5,12,14H,3,6-11,13H2,1-2H3;1H. The van der Waals surface area contributed by atoms with Crippen LogP contribution in [0.4, 0.5) is 5.13 Å². The number of thiazole rings is 1. The maximum absolute atomic E-state index is 13.3. The third-order valence-corrected chi connectivity index (χ3v) is 7.19. The molecule has 1 fully saturated rings. The van der Waals surface area contributed by atoms with Crippen molar-refractivity contribution < 1.29 is 9.53 Å². The molecule has 1 amide bonds. The SMILES string of the molecule is Cc1ncn(CC(=O)N(CCCN2CCOCC2)c2nc3ccc(Br)cc3s2)c(=O)c1C.Cl. The first-order chi connectivity index (χ1) is 15.4. The Hall–Kier alpha value is -1.85. The van der Waals surface area contributed by atoms with Crippen molar-refractivity contribution in [3.63, 3.8) is 0 Å². The van der Waals surface area contributed by atoms with Gasteiger partial charge in [-0.2, -0.15) is 0 Å². The number of hydrogen-bond acceptors (Lipinski definition) is 7. The summed E-state index contributed by atoms with van der Waals surface area (Å²) in [5, 5.41) is 0.648. The van der Waals surface area contributed by atoms with Gasteiger partial charge in [0.1, 0.15) is 6.54 Å². The molecule has 1 aliphatic heterocycles. The molecule has 1 saturated heterocycles. The largest absolute Gasteiger partial charge is 0.379 e. The Labute approximate surface area is 211 Å². The van der Waals surface area contributed by atoms with Crippen LogP contribution in [0.5, 0.6) is 0 Å². The van der Waals surface area contributed by atoms with E-state index in [1.807, 2.05) is 18.2 Å². The number of benzene rings is 1. The molecule has 178 valence electrons. The molecule has 4 rings (SSSR count). The van der Waals surface area contributed by atoms with Gasteiger partial charge in [-0.15, -0.1) is 12.4 Å². The average Bonchev–Trinajstić information content (AvgIpc) is 3.20. The topological polar surface area (TPSA) is 80.6 Å². The van der Waals surface area contributed by atoms with Gasteiger partial charge >= 0.3 is 0 Å². The smallest absolute Gasteiger partial charge is 0.256 e. The van der Waals surface area contributed by atoms with Crippen molar-refractivity contribution in [2.45, 2.75) is 26.8 Å². The molecule has 3 heterocycles. The van der Waals surface area contributed by atoms with Crippen LogP contribution >= 0.6 is 39.7 Å². The number of fused-ring (bicyclic) bond motifs is 1. The van der Waals surface area contributed by atoms with Crippen molar-refractivity contribution >= 4 is 60.9 Å². The first-order valence-electron chi connectivity index (χ1n) is 10.6. The Morgan fingerprint density at radius 3 is 2.79 bits per heavy atom. The lowest BCUT2D eigenvalue weighted by Gasteiger charge is -2.27. The molecule has 0 bridgehead atoms. The van der Waals surface area contributed by atoms with E-state index in [1.54, 1.807) is 18.7 Å². The first-order valence-corrected chi connectivity index (χ1v) is 12.2. The van der Waals surface area contributed by atoms with Crippen molar-refractivity contribution in [1.82, 2.24) is 19.4 Å². The Balaban J connectivity index is 0.00000306. The van der Waals surface area contributed by atoms with Crippen LogP contribution < -0.4 is 10.5 Å². The Kier molecular flexibility index (Phi) is 9.00. The summed E-state index contributed by atoms with van der Waals surface area (Å²) in [5.41, 5.74) is 1.90. The van der Waals surface area contributed by atoms with Crippen molar-refractivity contribution in [3.05, 3.63) is 50.6 Å². The van der Waals surface area contributed by atoms with Crippen molar-refractivity contribution in [2.75, 3.05) is 44.3 Å². The minimum absolute atomic E-state index is 0. The fourth-order valence-corrected chi connectivity index (χ4v) is 5.19. The van der Waals surface area contributed by atoms with E-state index in [2.05, 4.69) is 25.8 Å². The zero-order valence-corrected chi connectivity index (χ0v) is 21.8. The maximum Gasteiger partial charge on any atom is 0.256 e. The fraction of sp³-hybridized carbons (Fsp3) is 0.455. The van der Waals surface area contributed by atoms with E-state index < -0.39 is 0 Å². The normalized spacial score (nSPS) is 14.3. The summed E-state index contributed by atoms with van der Waals surface area (Å²) < 4.78 is 8.77. The second-order valence-corrected chi connectivity index (χ2v) is 9.77. The van der Waals surface area contributed by atoms with Crippen LogP contribution in [0.2, 0.25) is 0 Å². The molecule has 0 atom stereocenters. The molecule has 33 heavy (non-hydrogen) atoms. The molecule has 0 unspecified atom stereocenters. The minimum Gasteiger partial charge on any atom is -0.379 e. The van der Waals surface area contributed by atoms with E-state index in [4.69, 9.17) is 9.72 Å². The number of carbonyl (C=O) groups excluding carboxylic acids is 1. The summed E-state index contributed by atoms with van der Waals surface area (Å²) in [4.78, 5) is 39.0. The second kappa shape index (κ2) is 11.5. The van der Waals surface area contributed by atoms with Crippen molar-refractivity contribution in [1.29, 1.82) is 0 Å². The molecule has 11 heteroatoms. The second-order valence-electron chi connectivity index (χ2n) is 7.85. The van der Waals surface area contributed by atoms with Gasteiger partial charge in [-0.25, -0.2) is 9.97 Å². The van der Waals surface area contributed by atoms with Gasteiger partial charge in [0.2, 0.25) is 5.91 Å². The number of aromatic nitrogens is 3. The predicted octanol–water partition coefficient (Wildman–Crippen LogP) is 3.41. The van der Waals surface area contributed by atoms with Crippen LogP contribution in [0.3, 0.4) is 0 Å². The Morgan fingerprint density at radius 2 is 2.03 bits per heavy atom. The molecular weight excluding hydrogens is 530 g/mol. The third kappa shape index (κ3) is 6.19. The zero-order chi connectivity index (χ0) is 22.7. The van der Waals surface area contributed by atoms with Crippen LogP contribution in [-0.4, -0.2) is 64.7 Å². The highest BCUT2D eigenvalue weighted by Crippen LogP contribution is 2.31. The summed E-state index contributed by atoms with van der Waals surface area (Å²) in [6.45, 7) is 8.19. The minimum atomic E-state index is -0.188. The monoisotopic (exact) mass is 555 g/mol. The molecule has 8 nitrogen and oxygen atoms in total. The lowest BCUT2D eigenvalue weighted by molar-refractivity contribution is -0.119. The van der Waals surface area contributed by atoms with Gasteiger partial charge in [0.25, 0.3) is 5.56 Å². The molecule has 2 aromatic heterocycles. The molecule has 0 radical (unpaired) electrons. The van der Waals surface area contributed by atoms with Gasteiger partial charge in [0, 0.05) is 41.9 Å². The Bertz CT molecular complexity index is 1180. The van der Waals surface area contributed by atoms with Crippen LogP contribution in [0.15, 0.2) is 33.8 Å². The number of carbonyl (C=O) groups is 1. The Morgan fingerprint density at radius 1 is 1.27 bits per heavy atom. The van der Waals surface area contributed by atoms with Gasteiger partial charge in [0.05, 0.1) is 29.8 Å². The number of hydrogen-bond donors (Lipinski definition) is 0. The highest BCUT2D eigenvalue weighted by atomic mass is 79.9. The fourth-order valence-electron chi connectivity index (χ4n) is 3.63. The lowest BCUT2D eigenvalue weighted by atomic mass is 10.2. The molecule has 1 aliphatic rings. The van der Waals surface area contributed by atoms with Crippen LogP contribution in [0, 0.1) is 13.8 Å². The van der Waals surface area contributed by atoms with E-state index >= 15 is 0 Å². The van der Waals surface area contributed by atoms with Gasteiger partial charge in [-0.1, -0.05) is 27.3 Å². The quantitative estimate of drug-likeness (QED) is 0.444. The first kappa shape index (κ1) is 25.8. The number of anilines is 1. The molecule has 0 spiro atoms. The summed E-state index contributed by atoms with van der Waals surface area (Å²) >= 11 is 4.98. The highest BCUT2D eigenvalue weighted by Gasteiger charge is 2.22. The highest BCUT2D eigenvalue weighted by molar-refractivity contribution is 9.10. The number of halogens is 2. The summed E-state index contributed by atoms with van der Waals surface area (Å²) in [6, 6.07) is 5.88. The van der Waals surface area contributed by atoms with Crippen molar-refractivity contribution in [2.24, 2.45) is 0 Å². The molecule has 0 N–H and O–H groups in total. The van der Waals surface area contributed by atoms with Gasteiger partial charge in [0.15, 0.2) is 5.13 Å². The number of rotatable bonds is 7. The molecule has 3 aromatic rings. The van der Waals surface area contributed by atoms with Crippen LogP contribution in [0.1, 0.15) is 17.7 Å². The number of nitrogens with zero attached hydrogens (tertiary/aromatic N) is 5. The molecule has 1 aromatic carbocycles. The van der Waals surface area contributed by atoms with Crippen LogP contribution in [-0.2, 0) is 16.1 Å². The summed E-state index contributed by atoms with van der Waals surface area (Å²) in [5.74, 6) is -0.169. The number of morpholine rings is 1. The van der Waals surface area contributed by atoms with E-state index in [0.29, 0.717) is 22.9 Å². The summed E-state index contributed by atoms with van der Waals surface area (Å²) in [7, 11) is 0. The van der Waals surface area contributed by atoms with E-state index in [-0.39, 0.29) is 30.4 Å². The van der Waals surface area contributed by atoms with Crippen molar-refractivity contribution in [3.8, 4) is 0 Å². The van der Waals surface area contributed by atoms with Gasteiger partial charge in [-0.05, 0) is 38.5 Å². The number of amides is 1. The van der Waals surface area contributed by atoms with Gasteiger partial charge < -0.3 is 4.74 Å². The molecule has 0 saturated carbocycles. The maximum atomic E-state index is 13.3. The molecule has 0 aliphatic carbocycles. The number of aryl methyl sites for hydroxylation is 1. The van der Waals surface area contributed by atoms with E-state index in [9.17, 15) is 9.59 Å². The zero-order valence-electron chi connectivity index (χ0n) is 18.6. The average molecular weight is 557 g/mol. The third-order valence-electron chi connectivity index (χ3n) is 5.65. The summed E-state index contributed by atoms with van der Waals surface area (Å²) in [6.07, 6.45) is 2.26. The molecular formula is C22H27BrClN5O3S.